The van der Waals surface area contributed by atoms with E-state index in [2.05, 4.69) is 4.72 Å². The Morgan fingerprint density at radius 3 is 2.83 bits per heavy atom. The van der Waals surface area contributed by atoms with Gasteiger partial charge < -0.3 is 15.1 Å². The van der Waals surface area contributed by atoms with Crippen molar-refractivity contribution < 1.29 is 27.8 Å². The maximum atomic E-state index is 13.8. The highest BCUT2D eigenvalue weighted by Crippen LogP contribution is 2.17. The van der Waals surface area contributed by atoms with Gasteiger partial charge in [0.2, 0.25) is 10.0 Å². The number of nitrogens with zero attached hydrogens (tertiary/aromatic N) is 1. The third kappa shape index (κ3) is 4.73. The molecule has 1 fully saturated rings. The summed E-state index contributed by atoms with van der Waals surface area (Å²) in [6, 6.07) is 2.65. The summed E-state index contributed by atoms with van der Waals surface area (Å²) >= 11 is 0. The third-order valence-electron chi connectivity index (χ3n) is 4.05. The first-order valence-corrected chi connectivity index (χ1v) is 9.17. The van der Waals surface area contributed by atoms with Crippen LogP contribution in [0.2, 0.25) is 0 Å². The Bertz CT molecular complexity index is 695. The van der Waals surface area contributed by atoms with Crippen molar-refractivity contribution in [1.29, 1.82) is 0 Å². The van der Waals surface area contributed by atoms with Crippen molar-refractivity contribution in [2.24, 2.45) is 5.92 Å². The van der Waals surface area contributed by atoms with Crippen molar-refractivity contribution in [2.75, 3.05) is 32.8 Å². The molecule has 1 aliphatic heterocycles. The fourth-order valence-corrected chi connectivity index (χ4v) is 3.88. The summed E-state index contributed by atoms with van der Waals surface area (Å²) in [5.41, 5.74) is -0.293. The maximum Gasteiger partial charge on any atom is 0.335 e. The number of nitrogens with one attached hydrogen (secondary N) is 1. The third-order valence-corrected chi connectivity index (χ3v) is 5.53. The Labute approximate surface area is 140 Å². The van der Waals surface area contributed by atoms with Gasteiger partial charge in [-0.1, -0.05) is 0 Å². The van der Waals surface area contributed by atoms with Crippen LogP contribution in [-0.4, -0.2) is 62.3 Å². The van der Waals surface area contributed by atoms with Gasteiger partial charge in [0.1, 0.15) is 10.7 Å². The van der Waals surface area contributed by atoms with Crippen molar-refractivity contribution >= 4 is 16.0 Å². The van der Waals surface area contributed by atoms with Crippen LogP contribution in [0.25, 0.3) is 0 Å². The van der Waals surface area contributed by atoms with Gasteiger partial charge in [0.05, 0.1) is 5.56 Å². The highest BCUT2D eigenvalue weighted by atomic mass is 32.2. The summed E-state index contributed by atoms with van der Waals surface area (Å²) < 4.78 is 40.4. The van der Waals surface area contributed by atoms with Crippen molar-refractivity contribution in [3.8, 4) is 0 Å². The van der Waals surface area contributed by atoms with Gasteiger partial charge in [0.25, 0.3) is 0 Å². The molecule has 1 aliphatic rings. The Morgan fingerprint density at radius 2 is 2.17 bits per heavy atom. The lowest BCUT2D eigenvalue weighted by molar-refractivity contribution is 0.0696. The Morgan fingerprint density at radius 1 is 1.42 bits per heavy atom. The van der Waals surface area contributed by atoms with E-state index in [1.807, 2.05) is 4.90 Å². The summed E-state index contributed by atoms with van der Waals surface area (Å²) in [5, 5.41) is 18.1. The molecule has 0 aliphatic carbocycles. The number of hydrogen-bond donors (Lipinski definition) is 3. The molecule has 24 heavy (non-hydrogen) atoms. The van der Waals surface area contributed by atoms with Gasteiger partial charge >= 0.3 is 5.97 Å². The molecule has 7 nitrogen and oxygen atoms in total. The van der Waals surface area contributed by atoms with E-state index in [1.165, 1.54) is 0 Å². The van der Waals surface area contributed by atoms with Crippen LogP contribution >= 0.6 is 0 Å². The second kappa shape index (κ2) is 8.02. The zero-order valence-electron chi connectivity index (χ0n) is 13.1. The molecular formula is C15H21FN2O5S. The molecule has 1 heterocycles. The topological polar surface area (TPSA) is 107 Å². The minimum Gasteiger partial charge on any atom is -0.478 e. The molecule has 3 N–H and O–H groups in total. The van der Waals surface area contributed by atoms with E-state index in [4.69, 9.17) is 5.11 Å². The molecule has 0 radical (unpaired) electrons. The van der Waals surface area contributed by atoms with E-state index >= 15 is 0 Å². The fraction of sp³-hybridized carbons (Fsp3) is 0.533. The van der Waals surface area contributed by atoms with Crippen LogP contribution < -0.4 is 4.72 Å². The summed E-state index contributed by atoms with van der Waals surface area (Å²) in [6.45, 7) is 2.14. The standard InChI is InChI=1S/C15H21FN2O5S/c16-13-4-3-12(15(20)21)8-14(13)24(22,23)17-5-7-18-6-1-2-11(9-18)10-19/h3-4,8,11,17,19H,1-2,5-7,9-10H2,(H,20,21)/t11-/m0/s1. The largest absolute Gasteiger partial charge is 0.478 e. The van der Waals surface area contributed by atoms with Crippen LogP contribution in [0.4, 0.5) is 4.39 Å². The van der Waals surface area contributed by atoms with Gasteiger partial charge in [-0.25, -0.2) is 22.3 Å². The average molecular weight is 360 g/mol. The van der Waals surface area contributed by atoms with Gasteiger partial charge in [0, 0.05) is 26.2 Å². The number of benzene rings is 1. The number of carboxylic acids is 1. The van der Waals surface area contributed by atoms with Gasteiger partial charge in [-0.2, -0.15) is 0 Å². The number of likely N-dealkylation sites (tertiary alicyclic amines) is 1. The van der Waals surface area contributed by atoms with E-state index in [1.54, 1.807) is 0 Å². The first-order chi connectivity index (χ1) is 11.3. The summed E-state index contributed by atoms with van der Waals surface area (Å²) in [7, 11) is -4.13. The van der Waals surface area contributed by atoms with E-state index in [0.717, 1.165) is 37.6 Å². The molecule has 0 amide bonds. The fourth-order valence-electron chi connectivity index (χ4n) is 2.76. The molecule has 9 heteroatoms. The van der Waals surface area contributed by atoms with Crippen molar-refractivity contribution in [1.82, 2.24) is 9.62 Å². The zero-order chi connectivity index (χ0) is 17.7. The number of aliphatic hydroxyl groups is 1. The lowest BCUT2D eigenvalue weighted by Crippen LogP contribution is -2.41. The minimum absolute atomic E-state index is 0.0806. The first kappa shape index (κ1) is 18.8. The summed E-state index contributed by atoms with van der Waals surface area (Å²) in [4.78, 5) is 12.3. The molecular weight excluding hydrogens is 339 g/mol. The number of hydrogen-bond acceptors (Lipinski definition) is 5. The van der Waals surface area contributed by atoms with E-state index in [-0.39, 0.29) is 24.6 Å². The van der Waals surface area contributed by atoms with E-state index < -0.39 is 26.7 Å². The molecule has 134 valence electrons. The summed E-state index contributed by atoms with van der Waals surface area (Å²) in [6.07, 6.45) is 1.89. The molecule has 1 atom stereocenters. The van der Waals surface area contributed by atoms with Crippen LogP contribution in [0.5, 0.6) is 0 Å². The molecule has 0 aromatic heterocycles. The van der Waals surface area contributed by atoms with Gasteiger partial charge in [-0.05, 0) is 43.5 Å². The van der Waals surface area contributed by atoms with Gasteiger partial charge in [0.15, 0.2) is 0 Å². The monoisotopic (exact) mass is 360 g/mol. The van der Waals surface area contributed by atoms with Crippen molar-refractivity contribution in [3.05, 3.63) is 29.6 Å². The smallest absolute Gasteiger partial charge is 0.335 e. The Hall–Kier alpha value is -1.55. The maximum absolute atomic E-state index is 13.8. The molecule has 0 spiro atoms. The summed E-state index contributed by atoms with van der Waals surface area (Å²) in [5.74, 6) is -2.12. The number of carbonyl (C=O) groups is 1. The molecule has 0 unspecified atom stereocenters. The Balaban J connectivity index is 1.99. The number of halogens is 1. The normalized spacial score (nSPS) is 19.3. The molecule has 2 rings (SSSR count). The molecule has 0 bridgehead atoms. The van der Waals surface area contributed by atoms with Crippen LogP contribution in [0.1, 0.15) is 23.2 Å². The van der Waals surface area contributed by atoms with E-state index in [9.17, 15) is 22.7 Å². The molecule has 1 aromatic rings. The number of piperidine rings is 1. The number of sulfonamides is 1. The van der Waals surface area contributed by atoms with Crippen LogP contribution in [0.3, 0.4) is 0 Å². The van der Waals surface area contributed by atoms with E-state index in [0.29, 0.717) is 13.1 Å². The number of rotatable bonds is 7. The van der Waals surface area contributed by atoms with Gasteiger partial charge in [-0.3, -0.25) is 0 Å². The number of aliphatic hydroxyl groups excluding tert-OH is 1. The second-order valence-electron chi connectivity index (χ2n) is 5.84. The molecule has 1 saturated heterocycles. The van der Waals surface area contributed by atoms with Crippen molar-refractivity contribution in [3.63, 3.8) is 0 Å². The Kier molecular flexibility index (Phi) is 6.27. The highest BCUT2D eigenvalue weighted by Gasteiger charge is 2.22. The van der Waals surface area contributed by atoms with Crippen LogP contribution in [0, 0.1) is 11.7 Å². The predicted octanol–water partition coefficient (Wildman–Crippen LogP) is 0.506. The van der Waals surface area contributed by atoms with Gasteiger partial charge in [-0.15, -0.1) is 0 Å². The van der Waals surface area contributed by atoms with Crippen molar-refractivity contribution in [2.45, 2.75) is 17.7 Å². The lowest BCUT2D eigenvalue weighted by Gasteiger charge is -2.31. The predicted molar refractivity (Wildman–Crippen MR) is 84.8 cm³/mol. The molecule has 1 aromatic carbocycles. The van der Waals surface area contributed by atoms with Crippen LogP contribution in [-0.2, 0) is 10.0 Å². The SMILES string of the molecule is O=C(O)c1ccc(F)c(S(=O)(=O)NCCN2CCC[C@H](CO)C2)c1. The minimum atomic E-state index is -4.13. The first-order valence-electron chi connectivity index (χ1n) is 7.69. The highest BCUT2D eigenvalue weighted by molar-refractivity contribution is 7.89. The average Bonchev–Trinajstić information content (AvgIpc) is 2.55. The number of aromatic carboxylic acids is 1. The second-order valence-corrected chi connectivity index (χ2v) is 7.57. The lowest BCUT2D eigenvalue weighted by atomic mass is 9.99. The zero-order valence-corrected chi connectivity index (χ0v) is 13.9. The quantitative estimate of drug-likeness (QED) is 0.654. The molecule has 0 saturated carbocycles. The van der Waals surface area contributed by atoms with Crippen LogP contribution in [0.15, 0.2) is 23.1 Å². The number of carboxylic acid groups (broad SMARTS) is 1.